The van der Waals surface area contributed by atoms with Crippen molar-refractivity contribution in [2.45, 2.75) is 6.04 Å². The maximum absolute atomic E-state index is 5.85. The number of benzene rings is 1. The molecule has 0 radical (unpaired) electrons. The van der Waals surface area contributed by atoms with E-state index in [1.54, 1.807) is 11.3 Å². The Hall–Kier alpha value is -1.69. The van der Waals surface area contributed by atoms with Crippen molar-refractivity contribution in [2.24, 2.45) is 0 Å². The summed E-state index contributed by atoms with van der Waals surface area (Å²) in [4.78, 5) is 4.68. The van der Waals surface area contributed by atoms with Crippen LogP contribution in [0.4, 0.5) is 0 Å². The molecule has 20 heavy (non-hydrogen) atoms. The lowest BCUT2D eigenvalue weighted by atomic mass is 10.2. The van der Waals surface area contributed by atoms with Crippen molar-refractivity contribution >= 4 is 22.3 Å². The van der Waals surface area contributed by atoms with Crippen LogP contribution in [0.5, 0.6) is 0 Å². The monoisotopic (exact) mass is 286 g/mol. The van der Waals surface area contributed by atoms with Crippen LogP contribution in [0, 0.1) is 0 Å². The number of morpholine rings is 1. The molecule has 4 nitrogen and oxygen atoms in total. The smallest absolute Gasteiger partial charge is 0.154 e. The molecule has 3 heterocycles. The van der Waals surface area contributed by atoms with E-state index < -0.39 is 0 Å². The fourth-order valence-electron chi connectivity index (χ4n) is 2.39. The van der Waals surface area contributed by atoms with Crippen molar-refractivity contribution in [3.05, 3.63) is 40.7 Å². The van der Waals surface area contributed by atoms with Crippen molar-refractivity contribution in [3.63, 3.8) is 0 Å². The minimum Gasteiger partial charge on any atom is -0.454 e. The number of aromatic nitrogens is 1. The molecule has 1 fully saturated rings. The molecule has 1 aromatic carbocycles. The summed E-state index contributed by atoms with van der Waals surface area (Å²) in [6.45, 7) is 2.34. The molecule has 2 aromatic heterocycles. The van der Waals surface area contributed by atoms with E-state index in [1.165, 1.54) is 0 Å². The molecular formula is C15H14N2O2S. The number of nitrogens with one attached hydrogen (secondary N) is 1. The summed E-state index contributed by atoms with van der Waals surface area (Å²) in [7, 11) is 0. The number of nitrogens with zero attached hydrogens (tertiary/aromatic N) is 1. The molecule has 102 valence electrons. The molecule has 5 heteroatoms. The Morgan fingerprint density at radius 3 is 3.10 bits per heavy atom. The van der Waals surface area contributed by atoms with Gasteiger partial charge in [0.1, 0.15) is 16.3 Å². The number of ether oxygens (including phenoxy) is 1. The van der Waals surface area contributed by atoms with E-state index in [0.29, 0.717) is 6.61 Å². The Morgan fingerprint density at radius 2 is 2.25 bits per heavy atom. The average Bonchev–Trinajstić information content (AvgIpc) is 3.14. The van der Waals surface area contributed by atoms with E-state index in [0.717, 1.165) is 40.6 Å². The second-order valence-electron chi connectivity index (χ2n) is 4.80. The summed E-state index contributed by atoms with van der Waals surface area (Å²) in [5.41, 5.74) is 1.80. The summed E-state index contributed by atoms with van der Waals surface area (Å²) in [5, 5.41) is 7.63. The zero-order chi connectivity index (χ0) is 13.4. The predicted molar refractivity (Wildman–Crippen MR) is 78.9 cm³/mol. The van der Waals surface area contributed by atoms with Crippen LogP contribution in [-0.4, -0.2) is 24.7 Å². The van der Waals surface area contributed by atoms with E-state index in [1.807, 2.05) is 35.7 Å². The second kappa shape index (κ2) is 5.01. The average molecular weight is 286 g/mol. The van der Waals surface area contributed by atoms with Crippen LogP contribution in [0.2, 0.25) is 0 Å². The Labute approximate surface area is 120 Å². The van der Waals surface area contributed by atoms with Gasteiger partial charge in [-0.15, -0.1) is 11.3 Å². The molecule has 1 aliphatic heterocycles. The highest BCUT2D eigenvalue weighted by atomic mass is 32.1. The zero-order valence-corrected chi connectivity index (χ0v) is 11.7. The van der Waals surface area contributed by atoms with Gasteiger partial charge in [0.05, 0.1) is 19.3 Å². The normalized spacial score (nSPS) is 19.5. The molecule has 0 saturated carbocycles. The van der Waals surface area contributed by atoms with Crippen LogP contribution >= 0.6 is 11.3 Å². The fourth-order valence-corrected chi connectivity index (χ4v) is 3.26. The lowest BCUT2D eigenvalue weighted by Gasteiger charge is -2.21. The van der Waals surface area contributed by atoms with Crippen molar-refractivity contribution in [1.82, 2.24) is 10.3 Å². The molecule has 1 unspecified atom stereocenters. The van der Waals surface area contributed by atoms with Gasteiger partial charge in [0, 0.05) is 17.3 Å². The third-order valence-corrected chi connectivity index (χ3v) is 4.38. The summed E-state index contributed by atoms with van der Waals surface area (Å²) < 4.78 is 11.3. The van der Waals surface area contributed by atoms with Crippen LogP contribution in [-0.2, 0) is 4.74 Å². The molecule has 0 amide bonds. The van der Waals surface area contributed by atoms with Gasteiger partial charge in [0.15, 0.2) is 5.76 Å². The zero-order valence-electron chi connectivity index (χ0n) is 10.8. The maximum atomic E-state index is 5.85. The molecule has 1 aliphatic rings. The van der Waals surface area contributed by atoms with Crippen LogP contribution in [0.15, 0.2) is 40.1 Å². The molecule has 1 atom stereocenters. The lowest BCUT2D eigenvalue weighted by Crippen LogP contribution is -2.34. The minimum atomic E-state index is 0.201. The molecular weight excluding hydrogens is 272 g/mol. The van der Waals surface area contributed by atoms with Gasteiger partial charge in [-0.25, -0.2) is 4.98 Å². The minimum absolute atomic E-state index is 0.201. The number of hydrogen-bond donors (Lipinski definition) is 1. The van der Waals surface area contributed by atoms with Gasteiger partial charge < -0.3 is 14.5 Å². The third kappa shape index (κ3) is 2.14. The molecule has 1 N–H and O–H groups in total. The van der Waals surface area contributed by atoms with Crippen LogP contribution in [0.1, 0.15) is 11.0 Å². The highest BCUT2D eigenvalue weighted by Gasteiger charge is 2.19. The molecule has 0 spiro atoms. The summed E-state index contributed by atoms with van der Waals surface area (Å²) in [6.07, 6.45) is 0. The fraction of sp³-hybridized carbons (Fsp3) is 0.267. The first-order valence-corrected chi connectivity index (χ1v) is 7.53. The first-order valence-electron chi connectivity index (χ1n) is 6.66. The van der Waals surface area contributed by atoms with E-state index in [-0.39, 0.29) is 6.04 Å². The van der Waals surface area contributed by atoms with Crippen molar-refractivity contribution in [3.8, 4) is 11.5 Å². The van der Waals surface area contributed by atoms with Gasteiger partial charge in [0.2, 0.25) is 0 Å². The highest BCUT2D eigenvalue weighted by Crippen LogP contribution is 2.30. The quantitative estimate of drug-likeness (QED) is 0.786. The maximum Gasteiger partial charge on any atom is 0.154 e. The van der Waals surface area contributed by atoms with Gasteiger partial charge in [-0.3, -0.25) is 0 Å². The first kappa shape index (κ1) is 12.1. The molecule has 0 aliphatic carbocycles. The van der Waals surface area contributed by atoms with Crippen LogP contribution < -0.4 is 5.32 Å². The van der Waals surface area contributed by atoms with Crippen molar-refractivity contribution < 1.29 is 9.15 Å². The van der Waals surface area contributed by atoms with Crippen molar-refractivity contribution in [2.75, 3.05) is 19.8 Å². The Morgan fingerprint density at radius 1 is 1.30 bits per heavy atom. The van der Waals surface area contributed by atoms with Gasteiger partial charge >= 0.3 is 0 Å². The number of thiazole rings is 1. The summed E-state index contributed by atoms with van der Waals surface area (Å²) in [5.74, 6) is 0.824. The van der Waals surface area contributed by atoms with Crippen LogP contribution in [0.25, 0.3) is 22.4 Å². The molecule has 4 rings (SSSR count). The van der Waals surface area contributed by atoms with Crippen molar-refractivity contribution in [1.29, 1.82) is 0 Å². The number of para-hydroxylation sites is 1. The van der Waals surface area contributed by atoms with E-state index in [4.69, 9.17) is 9.15 Å². The number of hydrogen-bond acceptors (Lipinski definition) is 5. The van der Waals surface area contributed by atoms with E-state index in [2.05, 4.69) is 10.3 Å². The number of furan rings is 1. The first-order chi connectivity index (χ1) is 9.90. The summed E-state index contributed by atoms with van der Waals surface area (Å²) in [6, 6.07) is 10.3. The largest absolute Gasteiger partial charge is 0.454 e. The number of rotatable bonds is 2. The van der Waals surface area contributed by atoms with Gasteiger partial charge in [-0.05, 0) is 12.1 Å². The van der Waals surface area contributed by atoms with Gasteiger partial charge in [-0.2, -0.15) is 0 Å². The highest BCUT2D eigenvalue weighted by molar-refractivity contribution is 7.10. The van der Waals surface area contributed by atoms with E-state index >= 15 is 0 Å². The molecule has 0 bridgehead atoms. The Balaban J connectivity index is 1.66. The Bertz CT molecular complexity index is 695. The SMILES string of the molecule is c1ccc2oc(-c3csc(C4COCCN4)n3)cc2c1. The predicted octanol–water partition coefficient (Wildman–Crippen LogP) is 3.22. The lowest BCUT2D eigenvalue weighted by molar-refractivity contribution is 0.0768. The third-order valence-electron chi connectivity index (χ3n) is 3.42. The number of fused-ring (bicyclic) bond motifs is 1. The molecule has 1 saturated heterocycles. The summed E-state index contributed by atoms with van der Waals surface area (Å²) >= 11 is 1.65. The topological polar surface area (TPSA) is 47.3 Å². The van der Waals surface area contributed by atoms with Crippen LogP contribution in [0.3, 0.4) is 0 Å². The van der Waals surface area contributed by atoms with Gasteiger partial charge in [0.25, 0.3) is 0 Å². The molecule has 3 aromatic rings. The second-order valence-corrected chi connectivity index (χ2v) is 5.69. The Kier molecular flexibility index (Phi) is 3.03. The standard InChI is InChI=1S/C15H14N2O2S/c1-2-4-13-10(3-1)7-14(19-13)12-9-20-15(17-12)11-8-18-6-5-16-11/h1-4,7,9,11,16H,5-6,8H2. The van der Waals surface area contributed by atoms with E-state index in [9.17, 15) is 0 Å². The van der Waals surface area contributed by atoms with Gasteiger partial charge in [-0.1, -0.05) is 18.2 Å².